The van der Waals surface area contributed by atoms with Crippen LogP contribution in [0.1, 0.15) is 36.2 Å². The number of nitrogens with two attached hydrogens (primary N) is 1. The molecular formula is C15H21ClN4O. The number of carbonyl (C=O) groups excluding carboxylic acids is 1. The van der Waals surface area contributed by atoms with Crippen LogP contribution in [0.2, 0.25) is 0 Å². The third-order valence-electron chi connectivity index (χ3n) is 4.06. The number of nitrogens with zero attached hydrogens (tertiary/aromatic N) is 2. The fourth-order valence-corrected chi connectivity index (χ4v) is 3.02. The highest BCUT2D eigenvalue weighted by molar-refractivity contribution is 6.04. The molecule has 1 aliphatic heterocycles. The Bertz CT molecular complexity index is 610. The van der Waals surface area contributed by atoms with E-state index >= 15 is 0 Å². The summed E-state index contributed by atoms with van der Waals surface area (Å²) in [6.45, 7) is 1.43. The van der Waals surface area contributed by atoms with Gasteiger partial charge in [0.05, 0.1) is 5.52 Å². The number of likely N-dealkylation sites (tertiary alicyclic amines) is 1. The lowest BCUT2D eigenvalue weighted by Gasteiger charge is -2.35. The normalized spacial score (nSPS) is 18.5. The van der Waals surface area contributed by atoms with Crippen molar-refractivity contribution < 1.29 is 4.79 Å². The Labute approximate surface area is 130 Å². The Balaban J connectivity index is 0.00000161. The van der Waals surface area contributed by atoms with E-state index < -0.39 is 0 Å². The van der Waals surface area contributed by atoms with E-state index in [1.165, 1.54) is 6.42 Å². The van der Waals surface area contributed by atoms with Gasteiger partial charge in [-0.3, -0.25) is 9.89 Å². The molecule has 6 heteroatoms. The second-order valence-electron chi connectivity index (χ2n) is 5.34. The van der Waals surface area contributed by atoms with Crippen LogP contribution in [0.5, 0.6) is 0 Å². The minimum Gasteiger partial charge on any atom is -0.334 e. The largest absolute Gasteiger partial charge is 0.334 e. The third-order valence-corrected chi connectivity index (χ3v) is 4.06. The number of amides is 1. The summed E-state index contributed by atoms with van der Waals surface area (Å²) in [5.41, 5.74) is 7.11. The summed E-state index contributed by atoms with van der Waals surface area (Å²) in [7, 11) is 0. The number of carbonyl (C=O) groups is 1. The maximum atomic E-state index is 12.8. The second kappa shape index (κ2) is 6.91. The summed E-state index contributed by atoms with van der Waals surface area (Å²) < 4.78 is 0. The molecule has 0 spiro atoms. The number of H-pyrrole nitrogens is 1. The van der Waals surface area contributed by atoms with E-state index in [-0.39, 0.29) is 24.4 Å². The number of piperidine rings is 1. The molecule has 114 valence electrons. The predicted molar refractivity (Wildman–Crippen MR) is 85.7 cm³/mol. The van der Waals surface area contributed by atoms with E-state index in [1.54, 1.807) is 0 Å². The number of rotatable bonds is 3. The first kappa shape index (κ1) is 15.8. The lowest BCUT2D eigenvalue weighted by Crippen LogP contribution is -2.44. The van der Waals surface area contributed by atoms with Crippen LogP contribution in [0.25, 0.3) is 10.9 Å². The van der Waals surface area contributed by atoms with E-state index in [4.69, 9.17) is 5.73 Å². The molecule has 1 atom stereocenters. The number of para-hydroxylation sites is 1. The molecule has 3 rings (SSSR count). The van der Waals surface area contributed by atoms with E-state index in [0.29, 0.717) is 12.2 Å². The van der Waals surface area contributed by atoms with Crippen LogP contribution in [0.15, 0.2) is 24.3 Å². The zero-order chi connectivity index (χ0) is 13.9. The number of nitrogens with one attached hydrogen (secondary N) is 1. The molecule has 1 unspecified atom stereocenters. The van der Waals surface area contributed by atoms with Gasteiger partial charge in [-0.2, -0.15) is 5.10 Å². The molecule has 1 aliphatic rings. The Morgan fingerprint density at radius 1 is 1.38 bits per heavy atom. The van der Waals surface area contributed by atoms with Gasteiger partial charge < -0.3 is 10.6 Å². The first-order valence-electron chi connectivity index (χ1n) is 7.25. The Morgan fingerprint density at radius 3 is 3.00 bits per heavy atom. The lowest BCUT2D eigenvalue weighted by atomic mass is 9.98. The van der Waals surface area contributed by atoms with Crippen molar-refractivity contribution in [1.82, 2.24) is 15.1 Å². The third kappa shape index (κ3) is 3.04. The zero-order valence-electron chi connectivity index (χ0n) is 11.9. The van der Waals surface area contributed by atoms with Gasteiger partial charge in [-0.1, -0.05) is 18.2 Å². The average molecular weight is 309 g/mol. The molecule has 0 saturated carbocycles. The summed E-state index contributed by atoms with van der Waals surface area (Å²) in [6, 6.07) is 8.01. The molecule has 1 amide bonds. The molecule has 2 heterocycles. The van der Waals surface area contributed by atoms with Crippen molar-refractivity contribution in [2.75, 3.05) is 13.1 Å². The van der Waals surface area contributed by atoms with Crippen molar-refractivity contribution in [3.63, 3.8) is 0 Å². The highest BCUT2D eigenvalue weighted by Crippen LogP contribution is 2.24. The van der Waals surface area contributed by atoms with Crippen molar-refractivity contribution >= 4 is 29.2 Å². The van der Waals surface area contributed by atoms with Crippen LogP contribution in [0, 0.1) is 0 Å². The maximum Gasteiger partial charge on any atom is 0.275 e. The summed E-state index contributed by atoms with van der Waals surface area (Å²) in [5, 5.41) is 8.05. The standard InChI is InChI=1S/C15H20N4O.ClH/c16-9-8-11-5-3-4-10-19(11)15(20)14-12-6-1-2-7-13(12)17-18-14;/h1-2,6-7,11H,3-5,8-10,16H2,(H,17,18);1H. The number of aromatic amines is 1. The summed E-state index contributed by atoms with van der Waals surface area (Å²) in [4.78, 5) is 14.7. The fourth-order valence-electron chi connectivity index (χ4n) is 3.02. The molecule has 1 saturated heterocycles. The topological polar surface area (TPSA) is 75.0 Å². The van der Waals surface area contributed by atoms with Gasteiger partial charge in [0.2, 0.25) is 0 Å². The lowest BCUT2D eigenvalue weighted by molar-refractivity contribution is 0.0601. The maximum absolute atomic E-state index is 12.8. The van der Waals surface area contributed by atoms with Gasteiger partial charge in [0.15, 0.2) is 5.69 Å². The van der Waals surface area contributed by atoms with Gasteiger partial charge >= 0.3 is 0 Å². The Hall–Kier alpha value is -1.59. The summed E-state index contributed by atoms with van der Waals surface area (Å²) in [6.07, 6.45) is 4.16. The summed E-state index contributed by atoms with van der Waals surface area (Å²) in [5.74, 6) is 0.0283. The van der Waals surface area contributed by atoms with Gasteiger partial charge in [-0.25, -0.2) is 0 Å². The monoisotopic (exact) mass is 308 g/mol. The molecule has 3 N–H and O–H groups in total. The van der Waals surface area contributed by atoms with Gasteiger partial charge in [0, 0.05) is 18.0 Å². The molecule has 2 aromatic rings. The number of hydrogen-bond donors (Lipinski definition) is 2. The highest BCUT2D eigenvalue weighted by Gasteiger charge is 2.29. The van der Waals surface area contributed by atoms with Crippen molar-refractivity contribution in [2.45, 2.75) is 31.7 Å². The molecular weight excluding hydrogens is 288 g/mol. The van der Waals surface area contributed by atoms with Crippen molar-refractivity contribution in [3.8, 4) is 0 Å². The van der Waals surface area contributed by atoms with Gasteiger partial charge in [0.1, 0.15) is 0 Å². The van der Waals surface area contributed by atoms with E-state index in [0.717, 1.165) is 36.7 Å². The van der Waals surface area contributed by atoms with Crippen LogP contribution in [0.4, 0.5) is 0 Å². The Kier molecular flexibility index (Phi) is 5.20. The van der Waals surface area contributed by atoms with Crippen molar-refractivity contribution in [2.24, 2.45) is 5.73 Å². The average Bonchev–Trinajstić information content (AvgIpc) is 2.91. The molecule has 0 bridgehead atoms. The number of benzene rings is 1. The van der Waals surface area contributed by atoms with Crippen LogP contribution in [-0.4, -0.2) is 40.1 Å². The number of aromatic nitrogens is 2. The minimum absolute atomic E-state index is 0. The molecule has 5 nitrogen and oxygen atoms in total. The first-order valence-corrected chi connectivity index (χ1v) is 7.25. The van der Waals surface area contributed by atoms with Crippen LogP contribution in [0.3, 0.4) is 0 Å². The van der Waals surface area contributed by atoms with E-state index in [9.17, 15) is 4.79 Å². The fraction of sp³-hybridized carbons (Fsp3) is 0.467. The quantitative estimate of drug-likeness (QED) is 0.914. The van der Waals surface area contributed by atoms with E-state index in [2.05, 4.69) is 10.2 Å². The van der Waals surface area contributed by atoms with Crippen molar-refractivity contribution in [3.05, 3.63) is 30.0 Å². The Morgan fingerprint density at radius 2 is 2.19 bits per heavy atom. The number of hydrogen-bond acceptors (Lipinski definition) is 3. The molecule has 1 aromatic heterocycles. The van der Waals surface area contributed by atoms with Gasteiger partial charge in [-0.15, -0.1) is 12.4 Å². The predicted octanol–water partition coefficient (Wildman–Crippen LogP) is 2.33. The van der Waals surface area contributed by atoms with Crippen LogP contribution >= 0.6 is 12.4 Å². The van der Waals surface area contributed by atoms with Gasteiger partial charge in [-0.05, 0) is 38.3 Å². The second-order valence-corrected chi connectivity index (χ2v) is 5.34. The number of fused-ring (bicyclic) bond motifs is 1. The smallest absolute Gasteiger partial charge is 0.275 e. The summed E-state index contributed by atoms with van der Waals surface area (Å²) >= 11 is 0. The molecule has 1 fully saturated rings. The SMILES string of the molecule is Cl.NCCC1CCCCN1C(=O)c1n[nH]c2ccccc12. The molecule has 0 radical (unpaired) electrons. The van der Waals surface area contributed by atoms with Crippen LogP contribution in [-0.2, 0) is 0 Å². The van der Waals surface area contributed by atoms with Crippen LogP contribution < -0.4 is 5.73 Å². The zero-order valence-corrected chi connectivity index (χ0v) is 12.7. The van der Waals surface area contributed by atoms with Crippen molar-refractivity contribution in [1.29, 1.82) is 0 Å². The van der Waals surface area contributed by atoms with Gasteiger partial charge in [0.25, 0.3) is 5.91 Å². The van der Waals surface area contributed by atoms with E-state index in [1.807, 2.05) is 29.2 Å². The molecule has 21 heavy (non-hydrogen) atoms. The minimum atomic E-state index is 0. The first-order chi connectivity index (χ1) is 9.81. The highest BCUT2D eigenvalue weighted by atomic mass is 35.5. The molecule has 1 aromatic carbocycles. The molecule has 0 aliphatic carbocycles. The number of halogens is 1.